The zero-order valence-corrected chi connectivity index (χ0v) is 24.4. The number of nitrogens with one attached hydrogen (secondary N) is 1. The lowest BCUT2D eigenvalue weighted by atomic mass is 10.2. The first-order valence-corrected chi connectivity index (χ1v) is 13.8. The number of benzene rings is 2. The van der Waals surface area contributed by atoms with Crippen LogP contribution in [0.5, 0.6) is 0 Å². The molecule has 212 valence electrons. The zero-order chi connectivity index (χ0) is 29.9. The SMILES string of the molecule is Cc1c(-c2ccnn2-c2ccc(C#N)cc2)n(C(=O)NC(/C=C\N(C)C)CI)c(=O)n1-c1cccc(C(F)(F)F)c1. The predicted octanol–water partition coefficient (Wildman–Crippen LogP) is 5.13. The number of rotatable bonds is 7. The lowest BCUT2D eigenvalue weighted by molar-refractivity contribution is -0.137. The molecule has 0 aliphatic rings. The van der Waals surface area contributed by atoms with Gasteiger partial charge >= 0.3 is 17.9 Å². The molecule has 0 bridgehead atoms. The molecule has 1 unspecified atom stereocenters. The molecule has 0 aliphatic heterocycles. The van der Waals surface area contributed by atoms with Crippen LogP contribution in [0.3, 0.4) is 0 Å². The summed E-state index contributed by atoms with van der Waals surface area (Å²) in [6.07, 6.45) is 0.393. The van der Waals surface area contributed by atoms with Crippen LogP contribution in [-0.4, -0.2) is 54.4 Å². The van der Waals surface area contributed by atoms with Crippen LogP contribution in [0.4, 0.5) is 18.0 Å². The van der Waals surface area contributed by atoms with Crippen molar-refractivity contribution in [1.29, 1.82) is 5.26 Å². The maximum absolute atomic E-state index is 13.9. The second kappa shape index (κ2) is 12.0. The highest BCUT2D eigenvalue weighted by atomic mass is 127. The average molecular weight is 675 g/mol. The van der Waals surface area contributed by atoms with Gasteiger partial charge in [0.15, 0.2) is 0 Å². The number of halogens is 4. The third kappa shape index (κ3) is 6.22. The van der Waals surface area contributed by atoms with Crippen LogP contribution in [0.15, 0.2) is 77.9 Å². The molecule has 1 amide bonds. The van der Waals surface area contributed by atoms with Crippen molar-refractivity contribution in [2.24, 2.45) is 0 Å². The van der Waals surface area contributed by atoms with Gasteiger partial charge in [-0.2, -0.15) is 23.5 Å². The smallest absolute Gasteiger partial charge is 0.384 e. The largest absolute Gasteiger partial charge is 0.416 e. The van der Waals surface area contributed by atoms with E-state index < -0.39 is 29.5 Å². The van der Waals surface area contributed by atoms with Crippen LogP contribution >= 0.6 is 22.6 Å². The van der Waals surface area contributed by atoms with Gasteiger partial charge in [0, 0.05) is 18.5 Å². The molecule has 1 N–H and O–H groups in total. The van der Waals surface area contributed by atoms with Gasteiger partial charge in [0.25, 0.3) is 0 Å². The summed E-state index contributed by atoms with van der Waals surface area (Å²) < 4.78 is 44.6. The maximum atomic E-state index is 13.9. The lowest BCUT2D eigenvalue weighted by Crippen LogP contribution is -2.42. The summed E-state index contributed by atoms with van der Waals surface area (Å²) in [6.45, 7) is 1.55. The van der Waals surface area contributed by atoms with Gasteiger partial charge < -0.3 is 10.2 Å². The van der Waals surface area contributed by atoms with Gasteiger partial charge in [0.05, 0.1) is 52.2 Å². The van der Waals surface area contributed by atoms with E-state index >= 15 is 0 Å². The van der Waals surface area contributed by atoms with E-state index in [-0.39, 0.29) is 17.1 Å². The molecule has 0 radical (unpaired) electrons. The first-order chi connectivity index (χ1) is 19.5. The summed E-state index contributed by atoms with van der Waals surface area (Å²) in [6, 6.07) is 13.3. The van der Waals surface area contributed by atoms with Gasteiger partial charge in [-0.3, -0.25) is 4.57 Å². The molecule has 2 heterocycles. The van der Waals surface area contributed by atoms with Crippen molar-refractivity contribution in [2.45, 2.75) is 19.1 Å². The van der Waals surface area contributed by atoms with Crippen LogP contribution in [-0.2, 0) is 6.18 Å². The Kier molecular flexibility index (Phi) is 8.72. The zero-order valence-electron chi connectivity index (χ0n) is 22.2. The first-order valence-electron chi connectivity index (χ1n) is 12.2. The number of nitriles is 1. The summed E-state index contributed by atoms with van der Waals surface area (Å²) >= 11 is 2.11. The van der Waals surface area contributed by atoms with E-state index in [9.17, 15) is 22.8 Å². The molecule has 0 saturated carbocycles. The molecular weight excluding hydrogens is 650 g/mol. The van der Waals surface area contributed by atoms with Gasteiger partial charge in [-0.05, 0) is 67.7 Å². The Morgan fingerprint density at radius 2 is 1.88 bits per heavy atom. The molecule has 9 nitrogen and oxygen atoms in total. The number of hydrogen-bond donors (Lipinski definition) is 1. The number of imidazole rings is 1. The van der Waals surface area contributed by atoms with Crippen molar-refractivity contribution in [1.82, 2.24) is 29.1 Å². The van der Waals surface area contributed by atoms with Crippen molar-refractivity contribution < 1.29 is 18.0 Å². The molecule has 1 atom stereocenters. The molecule has 0 saturated heterocycles. The van der Waals surface area contributed by atoms with Gasteiger partial charge in [0.1, 0.15) is 5.69 Å². The summed E-state index contributed by atoms with van der Waals surface area (Å²) in [7, 11) is 3.65. The van der Waals surface area contributed by atoms with E-state index in [1.165, 1.54) is 23.0 Å². The third-order valence-corrected chi connectivity index (χ3v) is 7.09. The highest BCUT2D eigenvalue weighted by Gasteiger charge is 2.32. The molecule has 2 aromatic carbocycles. The van der Waals surface area contributed by atoms with Gasteiger partial charge in [-0.15, -0.1) is 0 Å². The minimum Gasteiger partial charge on any atom is -0.384 e. The van der Waals surface area contributed by atoms with E-state index in [4.69, 9.17) is 5.26 Å². The number of amides is 1. The molecule has 41 heavy (non-hydrogen) atoms. The maximum Gasteiger partial charge on any atom is 0.416 e. The summed E-state index contributed by atoms with van der Waals surface area (Å²) in [5, 5.41) is 16.3. The Balaban J connectivity index is 1.94. The Labute approximate surface area is 247 Å². The average Bonchev–Trinajstić information content (AvgIpc) is 3.52. The van der Waals surface area contributed by atoms with Crippen LogP contribution in [0, 0.1) is 18.3 Å². The third-order valence-electron chi connectivity index (χ3n) is 6.14. The topological polar surface area (TPSA) is 101 Å². The van der Waals surface area contributed by atoms with Crippen LogP contribution in [0.25, 0.3) is 22.8 Å². The van der Waals surface area contributed by atoms with Crippen LogP contribution < -0.4 is 11.0 Å². The lowest BCUT2D eigenvalue weighted by Gasteiger charge is -2.15. The Bertz CT molecular complexity index is 1690. The Morgan fingerprint density at radius 3 is 2.49 bits per heavy atom. The minimum absolute atomic E-state index is 0.0440. The standard InChI is InChI=1S/C28H25F3IN7O2/c1-18-25(24-11-13-34-39(24)22-9-7-19(17-33)8-10-22)38(26(40)35-21(16-32)12-14-36(2)3)27(41)37(18)23-6-4-5-20(15-23)28(29,30)31/h4-15,21H,16H2,1-3H3,(H,35,40)/b14-12-. The molecule has 0 spiro atoms. The fraction of sp³-hybridized carbons (Fsp3) is 0.214. The minimum atomic E-state index is -4.63. The van der Waals surface area contributed by atoms with Crippen molar-refractivity contribution >= 4 is 28.6 Å². The van der Waals surface area contributed by atoms with E-state index in [0.717, 1.165) is 21.3 Å². The number of aromatic nitrogens is 4. The van der Waals surface area contributed by atoms with Crippen LogP contribution in [0.2, 0.25) is 0 Å². The molecular formula is C28H25F3IN7O2. The molecule has 0 fully saturated rings. The first kappa shape index (κ1) is 29.7. The van der Waals surface area contributed by atoms with Crippen molar-refractivity contribution in [3.8, 4) is 28.8 Å². The predicted molar refractivity (Wildman–Crippen MR) is 156 cm³/mol. The fourth-order valence-corrected chi connectivity index (χ4v) is 4.74. The van der Waals surface area contributed by atoms with Gasteiger partial charge in [-0.25, -0.2) is 18.8 Å². The summed E-state index contributed by atoms with van der Waals surface area (Å²) in [5.41, 5.74) is -0.107. The molecule has 4 aromatic rings. The van der Waals surface area contributed by atoms with E-state index in [0.29, 0.717) is 21.4 Å². The molecule has 0 aliphatic carbocycles. The number of hydrogen-bond acceptors (Lipinski definition) is 5. The van der Waals surface area contributed by atoms with Crippen molar-refractivity contribution in [2.75, 3.05) is 18.5 Å². The second-order valence-electron chi connectivity index (χ2n) is 9.24. The van der Waals surface area contributed by atoms with E-state index in [1.54, 1.807) is 54.4 Å². The molecule has 2 aromatic heterocycles. The monoisotopic (exact) mass is 675 g/mol. The molecule has 13 heteroatoms. The van der Waals surface area contributed by atoms with Gasteiger partial charge in [-0.1, -0.05) is 28.7 Å². The van der Waals surface area contributed by atoms with Crippen LogP contribution in [0.1, 0.15) is 16.8 Å². The highest BCUT2D eigenvalue weighted by Crippen LogP contribution is 2.32. The number of alkyl halides is 4. The number of carbonyl (C=O) groups is 1. The highest BCUT2D eigenvalue weighted by molar-refractivity contribution is 14.1. The fourth-order valence-electron chi connectivity index (χ4n) is 4.22. The number of nitrogens with zero attached hydrogens (tertiary/aromatic N) is 6. The second-order valence-corrected chi connectivity index (χ2v) is 10.1. The summed E-state index contributed by atoms with van der Waals surface area (Å²) in [4.78, 5) is 29.4. The van der Waals surface area contributed by atoms with Gasteiger partial charge in [0.2, 0.25) is 0 Å². The quantitative estimate of drug-likeness (QED) is 0.217. The Morgan fingerprint density at radius 1 is 1.17 bits per heavy atom. The number of carbonyl (C=O) groups excluding carboxylic acids is 1. The van der Waals surface area contributed by atoms with E-state index in [1.807, 2.05) is 20.2 Å². The normalized spacial score (nSPS) is 12.3. The summed E-state index contributed by atoms with van der Waals surface area (Å²) in [5.74, 6) is 0. The van der Waals surface area contributed by atoms with Crippen molar-refractivity contribution in [3.63, 3.8) is 0 Å². The molecule has 4 rings (SSSR count). The van der Waals surface area contributed by atoms with Crippen molar-refractivity contribution in [3.05, 3.63) is 100 Å². The van der Waals surface area contributed by atoms with E-state index in [2.05, 4.69) is 33.0 Å². The Hall–Kier alpha value is -4.32.